The zero-order chi connectivity index (χ0) is 19.2. The first-order valence-corrected chi connectivity index (χ1v) is 8.71. The predicted molar refractivity (Wildman–Crippen MR) is 101 cm³/mol. The minimum Gasteiger partial charge on any atom is -0.337 e. The van der Waals surface area contributed by atoms with Crippen LogP contribution in [0.5, 0.6) is 0 Å². The topological polar surface area (TPSA) is 91.9 Å². The molecule has 1 aromatic heterocycles. The first-order chi connectivity index (χ1) is 13.1. The molecule has 0 aliphatic carbocycles. The van der Waals surface area contributed by atoms with E-state index < -0.39 is 0 Å². The highest BCUT2D eigenvalue weighted by atomic mass is 16.2. The van der Waals surface area contributed by atoms with Crippen LogP contribution in [0.15, 0.2) is 53.3 Å². The van der Waals surface area contributed by atoms with Gasteiger partial charge in [-0.05, 0) is 36.2 Å². The number of carbonyl (C=O) groups is 1. The van der Waals surface area contributed by atoms with Gasteiger partial charge in [0.1, 0.15) is 12.1 Å². The Hall–Kier alpha value is -3.53. The first-order valence-electron chi connectivity index (χ1n) is 8.71. The van der Waals surface area contributed by atoms with Crippen LogP contribution in [0.4, 0.5) is 0 Å². The highest BCUT2D eigenvalue weighted by Gasteiger charge is 2.16. The molecule has 0 aliphatic heterocycles. The van der Waals surface area contributed by atoms with E-state index in [-0.39, 0.29) is 18.0 Å². The lowest BCUT2D eigenvalue weighted by Crippen LogP contribution is -2.37. The summed E-state index contributed by atoms with van der Waals surface area (Å²) >= 11 is 0. The van der Waals surface area contributed by atoms with Gasteiger partial charge in [0.15, 0.2) is 0 Å². The average Bonchev–Trinajstić information content (AvgIpc) is 2.70. The molecular weight excluding hydrogens is 342 g/mol. The van der Waals surface area contributed by atoms with Crippen molar-refractivity contribution in [2.24, 2.45) is 0 Å². The maximum atomic E-state index is 12.8. The molecule has 0 aliphatic rings. The molecule has 7 heteroatoms. The summed E-state index contributed by atoms with van der Waals surface area (Å²) in [4.78, 5) is 27.0. The molecule has 0 unspecified atom stereocenters. The third-order valence-corrected chi connectivity index (χ3v) is 4.22. The fourth-order valence-corrected chi connectivity index (χ4v) is 2.82. The van der Waals surface area contributed by atoms with E-state index in [1.54, 1.807) is 41.3 Å². The Bertz CT molecular complexity index is 1050. The van der Waals surface area contributed by atoms with Crippen molar-refractivity contribution in [1.29, 1.82) is 5.26 Å². The van der Waals surface area contributed by atoms with E-state index in [0.29, 0.717) is 29.6 Å². The largest absolute Gasteiger partial charge is 0.337 e. The SMILES string of the molecule is CCCN(Cc1ccc(C#N)cc1)C(=O)Cn1nnc2ccccc2c1=O. The number of hydrogen-bond acceptors (Lipinski definition) is 5. The van der Waals surface area contributed by atoms with Gasteiger partial charge in [-0.1, -0.05) is 36.4 Å². The number of aromatic nitrogens is 3. The lowest BCUT2D eigenvalue weighted by atomic mass is 10.1. The number of hydrogen-bond donors (Lipinski definition) is 0. The second-order valence-electron chi connectivity index (χ2n) is 6.19. The quantitative estimate of drug-likeness (QED) is 0.670. The van der Waals surface area contributed by atoms with Gasteiger partial charge in [0, 0.05) is 13.1 Å². The van der Waals surface area contributed by atoms with Crippen molar-refractivity contribution in [3.05, 3.63) is 70.0 Å². The van der Waals surface area contributed by atoms with E-state index >= 15 is 0 Å². The molecule has 0 atom stereocenters. The van der Waals surface area contributed by atoms with Gasteiger partial charge in [-0.3, -0.25) is 9.59 Å². The molecule has 0 fully saturated rings. The van der Waals surface area contributed by atoms with Gasteiger partial charge in [-0.15, -0.1) is 5.10 Å². The molecule has 0 saturated carbocycles. The van der Waals surface area contributed by atoms with E-state index in [1.165, 1.54) is 0 Å². The van der Waals surface area contributed by atoms with Crippen LogP contribution in [0.25, 0.3) is 10.9 Å². The summed E-state index contributed by atoms with van der Waals surface area (Å²) in [5.74, 6) is -0.201. The van der Waals surface area contributed by atoms with Crippen molar-refractivity contribution in [2.45, 2.75) is 26.4 Å². The first kappa shape index (κ1) is 18.3. The van der Waals surface area contributed by atoms with E-state index in [0.717, 1.165) is 16.7 Å². The molecule has 1 heterocycles. The Morgan fingerprint density at radius 1 is 1.19 bits per heavy atom. The molecule has 1 amide bonds. The van der Waals surface area contributed by atoms with Crippen LogP contribution in [0.3, 0.4) is 0 Å². The van der Waals surface area contributed by atoms with E-state index in [2.05, 4.69) is 16.4 Å². The summed E-state index contributed by atoms with van der Waals surface area (Å²) in [5, 5.41) is 17.2. The summed E-state index contributed by atoms with van der Waals surface area (Å²) in [7, 11) is 0. The van der Waals surface area contributed by atoms with E-state index in [9.17, 15) is 9.59 Å². The molecule has 0 radical (unpaired) electrons. The maximum Gasteiger partial charge on any atom is 0.278 e. The fraction of sp³-hybridized carbons (Fsp3) is 0.250. The van der Waals surface area contributed by atoms with Gasteiger partial charge in [-0.2, -0.15) is 5.26 Å². The number of amides is 1. The van der Waals surface area contributed by atoms with Crippen LogP contribution in [0.2, 0.25) is 0 Å². The minimum absolute atomic E-state index is 0.160. The number of benzene rings is 2. The zero-order valence-electron chi connectivity index (χ0n) is 15.0. The molecule has 0 N–H and O–H groups in total. The summed E-state index contributed by atoms with van der Waals surface area (Å²) < 4.78 is 1.10. The third kappa shape index (κ3) is 4.18. The second-order valence-corrected chi connectivity index (χ2v) is 6.19. The molecule has 0 saturated heterocycles. The number of nitrogens with zero attached hydrogens (tertiary/aromatic N) is 5. The third-order valence-electron chi connectivity index (χ3n) is 4.22. The van der Waals surface area contributed by atoms with Gasteiger partial charge < -0.3 is 4.90 Å². The Balaban J connectivity index is 1.80. The lowest BCUT2D eigenvalue weighted by molar-refractivity contribution is -0.132. The summed E-state index contributed by atoms with van der Waals surface area (Å²) in [6, 6.07) is 16.1. The molecule has 136 valence electrons. The molecule has 3 aromatic rings. The highest BCUT2D eigenvalue weighted by molar-refractivity contribution is 5.78. The second kappa shape index (κ2) is 8.23. The number of fused-ring (bicyclic) bond motifs is 1. The van der Waals surface area contributed by atoms with Gasteiger partial charge in [-0.25, -0.2) is 4.68 Å². The van der Waals surface area contributed by atoms with Crippen LogP contribution >= 0.6 is 0 Å². The van der Waals surface area contributed by atoms with Crippen LogP contribution in [0, 0.1) is 11.3 Å². The van der Waals surface area contributed by atoms with Crippen molar-refractivity contribution in [3.63, 3.8) is 0 Å². The molecule has 0 spiro atoms. The Labute approximate surface area is 156 Å². The monoisotopic (exact) mass is 361 g/mol. The number of carbonyl (C=O) groups excluding carboxylic acids is 1. The van der Waals surface area contributed by atoms with Gasteiger partial charge in [0.05, 0.1) is 17.0 Å². The lowest BCUT2D eigenvalue weighted by Gasteiger charge is -2.22. The van der Waals surface area contributed by atoms with Crippen molar-refractivity contribution >= 4 is 16.8 Å². The van der Waals surface area contributed by atoms with Crippen molar-refractivity contribution < 1.29 is 4.79 Å². The summed E-state index contributed by atoms with van der Waals surface area (Å²) in [6.45, 7) is 2.80. The Morgan fingerprint density at radius 2 is 1.93 bits per heavy atom. The van der Waals surface area contributed by atoms with Gasteiger partial charge in [0.25, 0.3) is 5.56 Å². The number of nitriles is 1. The minimum atomic E-state index is -0.330. The normalized spacial score (nSPS) is 10.5. The van der Waals surface area contributed by atoms with Crippen LogP contribution < -0.4 is 5.56 Å². The molecule has 27 heavy (non-hydrogen) atoms. The zero-order valence-corrected chi connectivity index (χ0v) is 15.0. The van der Waals surface area contributed by atoms with Crippen LogP contribution in [0.1, 0.15) is 24.5 Å². The van der Waals surface area contributed by atoms with Gasteiger partial charge >= 0.3 is 0 Å². The fourth-order valence-electron chi connectivity index (χ4n) is 2.82. The van der Waals surface area contributed by atoms with Crippen LogP contribution in [-0.4, -0.2) is 32.3 Å². The molecule has 2 aromatic carbocycles. The molecule has 3 rings (SSSR count). The Morgan fingerprint density at radius 3 is 2.63 bits per heavy atom. The van der Waals surface area contributed by atoms with Gasteiger partial charge in [0.2, 0.25) is 5.91 Å². The Kier molecular flexibility index (Phi) is 5.57. The predicted octanol–water partition coefficient (Wildman–Crippen LogP) is 2.10. The van der Waals surface area contributed by atoms with Crippen molar-refractivity contribution in [1.82, 2.24) is 19.9 Å². The highest BCUT2D eigenvalue weighted by Crippen LogP contribution is 2.09. The molecule has 0 bridgehead atoms. The molecular formula is C20H19N5O2. The van der Waals surface area contributed by atoms with E-state index in [4.69, 9.17) is 5.26 Å². The van der Waals surface area contributed by atoms with Crippen molar-refractivity contribution in [2.75, 3.05) is 6.54 Å². The number of rotatable bonds is 6. The maximum absolute atomic E-state index is 12.8. The van der Waals surface area contributed by atoms with E-state index in [1.807, 2.05) is 19.1 Å². The summed E-state index contributed by atoms with van der Waals surface area (Å²) in [5.41, 5.74) is 1.68. The standard InChI is InChI=1S/C20H19N5O2/c1-2-11-24(13-16-9-7-15(12-21)8-10-16)19(26)14-25-20(27)17-5-3-4-6-18(17)22-23-25/h3-10H,2,11,13-14H2,1H3. The average molecular weight is 361 g/mol. The van der Waals surface area contributed by atoms with Crippen molar-refractivity contribution in [3.8, 4) is 6.07 Å². The summed E-state index contributed by atoms with van der Waals surface area (Å²) in [6.07, 6.45) is 0.792. The smallest absolute Gasteiger partial charge is 0.278 e. The van der Waals surface area contributed by atoms with Crippen LogP contribution in [-0.2, 0) is 17.9 Å². The molecule has 7 nitrogen and oxygen atoms in total.